The van der Waals surface area contributed by atoms with Crippen molar-refractivity contribution in [1.29, 1.82) is 0 Å². The molecule has 0 spiro atoms. The van der Waals surface area contributed by atoms with Crippen LogP contribution in [-0.2, 0) is 11.2 Å². The number of aryl methyl sites for hydroxylation is 3. The Kier molecular flexibility index (Phi) is 5.01. The minimum absolute atomic E-state index is 0.0396. The fraction of sp³-hybridized carbons (Fsp3) is 0.211. The van der Waals surface area contributed by atoms with Gasteiger partial charge in [-0.3, -0.25) is 4.79 Å². The summed E-state index contributed by atoms with van der Waals surface area (Å²) in [6.45, 7) is 4.10. The van der Waals surface area contributed by atoms with E-state index in [4.69, 9.17) is 0 Å². The number of hydrogen-bond donors (Lipinski definition) is 1. The lowest BCUT2D eigenvalue weighted by atomic mass is 10.1. The first-order valence-corrected chi connectivity index (χ1v) is 8.68. The van der Waals surface area contributed by atoms with Gasteiger partial charge in [0.15, 0.2) is 0 Å². The summed E-state index contributed by atoms with van der Waals surface area (Å²) in [4.78, 5) is 12.1. The molecule has 0 fully saturated rings. The first-order valence-electron chi connectivity index (χ1n) is 7.86. The van der Waals surface area contributed by atoms with Crippen molar-refractivity contribution in [3.8, 4) is 10.6 Å². The maximum absolute atomic E-state index is 12.1. The quantitative estimate of drug-likeness (QED) is 0.751. The maximum atomic E-state index is 12.1. The second-order valence-corrected chi connectivity index (χ2v) is 6.79. The molecule has 3 aromatic rings. The van der Waals surface area contributed by atoms with Crippen LogP contribution >= 0.6 is 11.3 Å². The number of nitrogens with zero attached hydrogens (tertiary/aromatic N) is 2. The van der Waals surface area contributed by atoms with E-state index in [2.05, 4.69) is 46.7 Å². The zero-order valence-electron chi connectivity index (χ0n) is 13.7. The van der Waals surface area contributed by atoms with Crippen LogP contribution in [-0.4, -0.2) is 16.1 Å². The Labute approximate surface area is 145 Å². The first-order chi connectivity index (χ1) is 11.6. The Morgan fingerprint density at radius 1 is 0.958 bits per heavy atom. The largest absolute Gasteiger partial charge is 0.301 e. The highest BCUT2D eigenvalue weighted by atomic mass is 32.1. The molecule has 0 aliphatic heterocycles. The third kappa shape index (κ3) is 4.26. The number of amides is 1. The molecular weight excluding hydrogens is 318 g/mol. The van der Waals surface area contributed by atoms with Gasteiger partial charge in [-0.2, -0.15) is 0 Å². The molecule has 1 heterocycles. The Morgan fingerprint density at radius 3 is 2.25 bits per heavy atom. The number of nitrogens with one attached hydrogen (secondary N) is 1. The molecule has 3 rings (SSSR count). The average Bonchev–Trinajstić information content (AvgIpc) is 3.03. The highest BCUT2D eigenvalue weighted by Gasteiger charge is 2.09. The average molecular weight is 337 g/mol. The van der Waals surface area contributed by atoms with E-state index in [1.165, 1.54) is 22.5 Å². The Morgan fingerprint density at radius 2 is 1.58 bits per heavy atom. The van der Waals surface area contributed by atoms with Gasteiger partial charge in [0.2, 0.25) is 11.0 Å². The summed E-state index contributed by atoms with van der Waals surface area (Å²) in [6.07, 6.45) is 1.15. The lowest BCUT2D eigenvalue weighted by Crippen LogP contribution is -2.12. The summed E-state index contributed by atoms with van der Waals surface area (Å²) in [5, 5.41) is 12.4. The van der Waals surface area contributed by atoms with Crippen molar-refractivity contribution in [2.24, 2.45) is 0 Å². The van der Waals surface area contributed by atoms with E-state index in [-0.39, 0.29) is 5.91 Å². The van der Waals surface area contributed by atoms with Crippen molar-refractivity contribution in [3.63, 3.8) is 0 Å². The van der Waals surface area contributed by atoms with E-state index in [9.17, 15) is 4.79 Å². The summed E-state index contributed by atoms with van der Waals surface area (Å²) in [6, 6.07) is 16.3. The first kappa shape index (κ1) is 16.3. The van der Waals surface area contributed by atoms with Gasteiger partial charge in [-0.25, -0.2) is 0 Å². The van der Waals surface area contributed by atoms with Crippen LogP contribution in [0.2, 0.25) is 0 Å². The van der Waals surface area contributed by atoms with E-state index in [1.54, 1.807) is 0 Å². The second kappa shape index (κ2) is 7.36. The van der Waals surface area contributed by atoms with Gasteiger partial charge in [0.1, 0.15) is 5.01 Å². The van der Waals surface area contributed by atoms with Crippen molar-refractivity contribution >= 4 is 22.4 Å². The summed E-state index contributed by atoms with van der Waals surface area (Å²) in [7, 11) is 0. The summed E-state index contributed by atoms with van der Waals surface area (Å²) in [5.74, 6) is -0.0396. The standard InChI is InChI=1S/C19H19N3OS/c1-13-3-7-15(8-4-13)9-12-17(23)20-19-22-21-18(24-19)16-10-5-14(2)6-11-16/h3-8,10-11H,9,12H2,1-2H3,(H,20,22,23). The van der Waals surface area contributed by atoms with E-state index >= 15 is 0 Å². The predicted octanol–water partition coefficient (Wildman–Crippen LogP) is 4.39. The number of hydrogen-bond acceptors (Lipinski definition) is 4. The van der Waals surface area contributed by atoms with Crippen molar-refractivity contribution in [1.82, 2.24) is 10.2 Å². The highest BCUT2D eigenvalue weighted by Crippen LogP contribution is 2.26. The van der Waals surface area contributed by atoms with Gasteiger partial charge in [-0.1, -0.05) is 71.0 Å². The van der Waals surface area contributed by atoms with Crippen molar-refractivity contribution in [2.45, 2.75) is 26.7 Å². The molecule has 2 aromatic carbocycles. The monoisotopic (exact) mass is 337 g/mol. The minimum atomic E-state index is -0.0396. The van der Waals surface area contributed by atoms with Crippen LogP contribution in [0.4, 0.5) is 5.13 Å². The maximum Gasteiger partial charge on any atom is 0.226 e. The number of carbonyl (C=O) groups is 1. The van der Waals surface area contributed by atoms with Gasteiger partial charge < -0.3 is 5.32 Å². The SMILES string of the molecule is Cc1ccc(CCC(=O)Nc2nnc(-c3ccc(C)cc3)s2)cc1. The number of rotatable bonds is 5. The van der Waals surface area contributed by atoms with Crippen LogP contribution in [0.15, 0.2) is 48.5 Å². The van der Waals surface area contributed by atoms with Gasteiger partial charge in [0.25, 0.3) is 0 Å². The van der Waals surface area contributed by atoms with Crippen molar-refractivity contribution in [3.05, 3.63) is 65.2 Å². The molecular formula is C19H19N3OS. The third-order valence-corrected chi connectivity index (χ3v) is 4.62. The van der Waals surface area contributed by atoms with E-state index in [0.717, 1.165) is 22.6 Å². The van der Waals surface area contributed by atoms with E-state index < -0.39 is 0 Å². The third-order valence-electron chi connectivity index (χ3n) is 3.73. The summed E-state index contributed by atoms with van der Waals surface area (Å²) < 4.78 is 0. The van der Waals surface area contributed by atoms with Crippen molar-refractivity contribution in [2.75, 3.05) is 5.32 Å². The van der Waals surface area contributed by atoms with Gasteiger partial charge >= 0.3 is 0 Å². The summed E-state index contributed by atoms with van der Waals surface area (Å²) >= 11 is 1.39. The topological polar surface area (TPSA) is 54.9 Å². The number of aromatic nitrogens is 2. The Bertz CT molecular complexity index is 823. The summed E-state index contributed by atoms with van der Waals surface area (Å²) in [5.41, 5.74) is 4.60. The zero-order chi connectivity index (χ0) is 16.9. The molecule has 0 bridgehead atoms. The van der Waals surface area contributed by atoms with Crippen LogP contribution in [0.5, 0.6) is 0 Å². The molecule has 5 heteroatoms. The smallest absolute Gasteiger partial charge is 0.226 e. The van der Waals surface area contributed by atoms with Crippen molar-refractivity contribution < 1.29 is 4.79 Å². The van der Waals surface area contributed by atoms with E-state index in [1.807, 2.05) is 31.2 Å². The second-order valence-electron chi connectivity index (χ2n) is 5.81. The molecule has 1 aromatic heterocycles. The minimum Gasteiger partial charge on any atom is -0.301 e. The molecule has 0 saturated heterocycles. The van der Waals surface area contributed by atoms with Gasteiger partial charge in [0.05, 0.1) is 0 Å². The molecule has 1 amide bonds. The molecule has 1 N–H and O–H groups in total. The number of carbonyl (C=O) groups excluding carboxylic acids is 1. The molecule has 0 aliphatic rings. The van der Waals surface area contributed by atoms with Gasteiger partial charge in [-0.15, -0.1) is 10.2 Å². The molecule has 0 saturated carbocycles. The Hall–Kier alpha value is -2.53. The van der Waals surface area contributed by atoms with E-state index in [0.29, 0.717) is 11.6 Å². The number of benzene rings is 2. The molecule has 4 nitrogen and oxygen atoms in total. The molecule has 0 unspecified atom stereocenters. The van der Waals surface area contributed by atoms with Crippen LogP contribution in [0, 0.1) is 13.8 Å². The van der Waals surface area contributed by atoms with Gasteiger partial charge in [0, 0.05) is 12.0 Å². The fourth-order valence-corrected chi connectivity index (χ4v) is 3.05. The van der Waals surface area contributed by atoms with Crippen LogP contribution in [0.3, 0.4) is 0 Å². The zero-order valence-corrected chi connectivity index (χ0v) is 14.6. The van der Waals surface area contributed by atoms with Gasteiger partial charge in [-0.05, 0) is 25.8 Å². The fourth-order valence-electron chi connectivity index (χ4n) is 2.28. The molecule has 24 heavy (non-hydrogen) atoms. The number of anilines is 1. The molecule has 122 valence electrons. The Balaban J connectivity index is 1.57. The molecule has 0 aliphatic carbocycles. The lowest BCUT2D eigenvalue weighted by Gasteiger charge is -2.02. The molecule has 0 radical (unpaired) electrons. The van der Waals surface area contributed by atoms with Crippen LogP contribution < -0.4 is 5.32 Å². The predicted molar refractivity (Wildman–Crippen MR) is 98.2 cm³/mol. The lowest BCUT2D eigenvalue weighted by molar-refractivity contribution is -0.116. The van der Waals surface area contributed by atoms with Crippen LogP contribution in [0.1, 0.15) is 23.1 Å². The normalized spacial score (nSPS) is 10.6. The van der Waals surface area contributed by atoms with Crippen LogP contribution in [0.25, 0.3) is 10.6 Å². The molecule has 0 atom stereocenters. The highest BCUT2D eigenvalue weighted by molar-refractivity contribution is 7.18.